The quantitative estimate of drug-likeness (QED) is 0.590. The molecule has 104 valence electrons. The van der Waals surface area contributed by atoms with Crippen LogP contribution in [0.2, 0.25) is 0 Å². The van der Waals surface area contributed by atoms with Crippen molar-refractivity contribution in [2.24, 2.45) is 0 Å². The van der Waals surface area contributed by atoms with Crippen LogP contribution in [0.1, 0.15) is 33.8 Å². The van der Waals surface area contributed by atoms with E-state index in [-0.39, 0.29) is 12.5 Å². The number of rotatable bonds is 7. The van der Waals surface area contributed by atoms with Gasteiger partial charge in [0.15, 0.2) is 0 Å². The number of thiophene rings is 1. The lowest BCUT2D eigenvalue weighted by Crippen LogP contribution is -2.23. The summed E-state index contributed by atoms with van der Waals surface area (Å²) >= 11 is 1.34. The minimum atomic E-state index is -0.166. The van der Waals surface area contributed by atoms with Gasteiger partial charge in [-0.3, -0.25) is 4.79 Å². The lowest BCUT2D eigenvalue weighted by atomic mass is 10.2. The van der Waals surface area contributed by atoms with Crippen LogP contribution in [0.5, 0.6) is 0 Å². The first kappa shape index (κ1) is 15.7. The van der Waals surface area contributed by atoms with Crippen molar-refractivity contribution in [1.82, 2.24) is 5.32 Å². The number of hydrogen-bond acceptors (Lipinski definition) is 4. The van der Waals surface area contributed by atoms with Crippen LogP contribution in [-0.4, -0.2) is 37.9 Å². The number of unbranched alkanes of at least 4 members (excludes halogenated alkanes) is 2. The van der Waals surface area contributed by atoms with Gasteiger partial charge >= 0.3 is 0 Å². The Morgan fingerprint density at radius 1 is 1.42 bits per heavy atom. The molecule has 0 fully saturated rings. The standard InChI is InChI=1S/C14H19NO3S/c1-18-11-4-2-3-9-15-14(17)13-8-7-12(19-13)6-5-10-16/h7-8,16H,2-4,9-11H2,1H3,(H,15,17). The predicted molar refractivity (Wildman–Crippen MR) is 76.3 cm³/mol. The molecule has 0 aliphatic heterocycles. The molecule has 1 rings (SSSR count). The maximum atomic E-state index is 11.8. The molecule has 0 radical (unpaired) electrons. The van der Waals surface area contributed by atoms with Crippen LogP contribution in [0, 0.1) is 11.8 Å². The van der Waals surface area contributed by atoms with E-state index in [0.29, 0.717) is 11.4 Å². The fourth-order valence-corrected chi connectivity index (χ4v) is 2.29. The van der Waals surface area contributed by atoms with Crippen molar-refractivity contribution >= 4 is 17.2 Å². The molecule has 0 aromatic carbocycles. The molecule has 0 bridgehead atoms. The van der Waals surface area contributed by atoms with Crippen LogP contribution < -0.4 is 5.32 Å². The summed E-state index contributed by atoms with van der Waals surface area (Å²) in [5, 5.41) is 11.5. The number of nitrogens with one attached hydrogen (secondary N) is 1. The van der Waals surface area contributed by atoms with E-state index >= 15 is 0 Å². The highest BCUT2D eigenvalue weighted by Gasteiger charge is 2.07. The summed E-state index contributed by atoms with van der Waals surface area (Å²) in [6.07, 6.45) is 3.02. The number of ether oxygens (including phenoxy) is 1. The van der Waals surface area contributed by atoms with Gasteiger partial charge in [0, 0.05) is 20.3 Å². The Kier molecular flexibility index (Phi) is 7.91. The Hall–Kier alpha value is -1.35. The second-order valence-corrected chi connectivity index (χ2v) is 5.02. The molecule has 1 heterocycles. The Labute approximate surface area is 117 Å². The maximum Gasteiger partial charge on any atom is 0.261 e. The SMILES string of the molecule is COCCCCCNC(=O)c1ccc(C#CCO)s1. The van der Waals surface area contributed by atoms with Crippen LogP contribution in [0.25, 0.3) is 0 Å². The first-order valence-electron chi connectivity index (χ1n) is 6.24. The zero-order valence-electron chi connectivity index (χ0n) is 11.1. The zero-order chi connectivity index (χ0) is 13.9. The molecule has 0 unspecified atom stereocenters. The molecule has 1 aromatic heterocycles. The van der Waals surface area contributed by atoms with Crippen molar-refractivity contribution in [3.05, 3.63) is 21.9 Å². The van der Waals surface area contributed by atoms with Gasteiger partial charge in [-0.15, -0.1) is 11.3 Å². The Bertz CT molecular complexity index is 445. The first-order chi connectivity index (χ1) is 9.27. The predicted octanol–water partition coefficient (Wildman–Crippen LogP) is 1.64. The molecular weight excluding hydrogens is 262 g/mol. The van der Waals surface area contributed by atoms with E-state index in [0.717, 1.165) is 30.7 Å². The summed E-state index contributed by atoms with van der Waals surface area (Å²) in [5.41, 5.74) is 0. The van der Waals surface area contributed by atoms with Crippen LogP contribution in [-0.2, 0) is 4.74 Å². The van der Waals surface area contributed by atoms with Crippen molar-refractivity contribution < 1.29 is 14.6 Å². The second-order valence-electron chi connectivity index (χ2n) is 3.93. The Balaban J connectivity index is 2.27. The van der Waals surface area contributed by atoms with E-state index in [1.54, 1.807) is 19.2 Å². The molecule has 0 aliphatic carbocycles. The minimum absolute atomic E-state index is 0.0613. The molecule has 0 aliphatic rings. The number of amides is 1. The van der Waals surface area contributed by atoms with Gasteiger partial charge in [0.05, 0.1) is 9.75 Å². The number of carbonyl (C=O) groups excluding carboxylic acids is 1. The first-order valence-corrected chi connectivity index (χ1v) is 7.06. The molecular formula is C14H19NO3S. The lowest BCUT2D eigenvalue weighted by molar-refractivity contribution is 0.0956. The summed E-state index contributed by atoms with van der Waals surface area (Å²) in [5.74, 6) is 5.28. The number of carbonyl (C=O) groups is 1. The Morgan fingerprint density at radius 3 is 3.00 bits per heavy atom. The summed E-state index contributed by atoms with van der Waals surface area (Å²) in [6, 6.07) is 3.55. The third-order valence-corrected chi connectivity index (χ3v) is 3.43. The van der Waals surface area contributed by atoms with Gasteiger partial charge in [0.1, 0.15) is 6.61 Å². The van der Waals surface area contributed by atoms with Gasteiger partial charge in [0.2, 0.25) is 0 Å². The average Bonchev–Trinajstić information content (AvgIpc) is 2.89. The molecule has 0 saturated heterocycles. The number of aliphatic hydroxyl groups excluding tert-OH is 1. The monoisotopic (exact) mass is 281 g/mol. The maximum absolute atomic E-state index is 11.8. The molecule has 1 amide bonds. The molecule has 19 heavy (non-hydrogen) atoms. The summed E-state index contributed by atoms with van der Waals surface area (Å²) in [7, 11) is 1.69. The van der Waals surface area contributed by atoms with Crippen LogP contribution in [0.4, 0.5) is 0 Å². The molecule has 5 heteroatoms. The highest BCUT2D eigenvalue weighted by Crippen LogP contribution is 2.15. The fraction of sp³-hybridized carbons (Fsp3) is 0.500. The van der Waals surface area contributed by atoms with Crippen molar-refractivity contribution in [3.8, 4) is 11.8 Å². The van der Waals surface area contributed by atoms with E-state index in [1.165, 1.54) is 11.3 Å². The molecule has 4 nitrogen and oxygen atoms in total. The van der Waals surface area contributed by atoms with E-state index in [2.05, 4.69) is 17.2 Å². The number of hydrogen-bond donors (Lipinski definition) is 2. The molecule has 0 saturated carbocycles. The van der Waals surface area contributed by atoms with Gasteiger partial charge in [-0.2, -0.15) is 0 Å². The smallest absolute Gasteiger partial charge is 0.261 e. The lowest BCUT2D eigenvalue weighted by Gasteiger charge is -2.03. The second kappa shape index (κ2) is 9.56. The van der Waals surface area contributed by atoms with E-state index in [4.69, 9.17) is 9.84 Å². The summed E-state index contributed by atoms with van der Waals surface area (Å²) in [4.78, 5) is 13.2. The molecule has 1 aromatic rings. The van der Waals surface area contributed by atoms with Gasteiger partial charge in [0.25, 0.3) is 5.91 Å². The summed E-state index contributed by atoms with van der Waals surface area (Å²) < 4.78 is 4.96. The van der Waals surface area contributed by atoms with Gasteiger partial charge in [-0.25, -0.2) is 0 Å². The van der Waals surface area contributed by atoms with Gasteiger partial charge in [-0.1, -0.05) is 11.8 Å². The third-order valence-electron chi connectivity index (χ3n) is 2.43. The van der Waals surface area contributed by atoms with Crippen LogP contribution >= 0.6 is 11.3 Å². The minimum Gasteiger partial charge on any atom is -0.385 e. The van der Waals surface area contributed by atoms with Gasteiger partial charge < -0.3 is 15.2 Å². The molecule has 0 spiro atoms. The Morgan fingerprint density at radius 2 is 2.26 bits per heavy atom. The van der Waals surface area contributed by atoms with E-state index in [1.807, 2.05) is 0 Å². The van der Waals surface area contributed by atoms with Crippen LogP contribution in [0.15, 0.2) is 12.1 Å². The van der Waals surface area contributed by atoms with Crippen LogP contribution in [0.3, 0.4) is 0 Å². The zero-order valence-corrected chi connectivity index (χ0v) is 11.9. The fourth-order valence-electron chi connectivity index (χ4n) is 1.49. The van der Waals surface area contributed by atoms with Crippen molar-refractivity contribution in [2.75, 3.05) is 26.9 Å². The molecule has 2 N–H and O–H groups in total. The van der Waals surface area contributed by atoms with Gasteiger partial charge in [-0.05, 0) is 31.4 Å². The number of aliphatic hydroxyl groups is 1. The highest BCUT2D eigenvalue weighted by molar-refractivity contribution is 7.14. The van der Waals surface area contributed by atoms with E-state index in [9.17, 15) is 4.79 Å². The summed E-state index contributed by atoms with van der Waals surface area (Å²) in [6.45, 7) is 1.28. The van der Waals surface area contributed by atoms with Crippen molar-refractivity contribution in [3.63, 3.8) is 0 Å². The van der Waals surface area contributed by atoms with Crippen molar-refractivity contribution in [1.29, 1.82) is 0 Å². The number of methoxy groups -OCH3 is 1. The normalized spacial score (nSPS) is 9.79. The topological polar surface area (TPSA) is 58.6 Å². The largest absolute Gasteiger partial charge is 0.385 e. The van der Waals surface area contributed by atoms with E-state index < -0.39 is 0 Å². The third kappa shape index (κ3) is 6.39. The molecule has 0 atom stereocenters. The average molecular weight is 281 g/mol. The highest BCUT2D eigenvalue weighted by atomic mass is 32.1. The van der Waals surface area contributed by atoms with Crippen molar-refractivity contribution in [2.45, 2.75) is 19.3 Å².